The Morgan fingerprint density at radius 3 is 2.63 bits per heavy atom. The fraction of sp³-hybridized carbons (Fsp3) is 0.231. The number of carbonyl (C=O) groups excluding carboxylic acids is 2. The van der Waals surface area contributed by atoms with Crippen molar-refractivity contribution >= 4 is 29.0 Å². The molecule has 2 amide bonds. The third-order valence-corrected chi connectivity index (χ3v) is 3.25. The van der Waals surface area contributed by atoms with Crippen LogP contribution in [-0.2, 0) is 4.79 Å². The highest BCUT2D eigenvalue weighted by Gasteiger charge is 2.24. The molecule has 1 heterocycles. The molecule has 0 unspecified atom stereocenters. The summed E-state index contributed by atoms with van der Waals surface area (Å²) in [5.74, 6) is 0.432. The minimum Gasteiger partial charge on any atom is -0.492 e. The second-order valence-electron chi connectivity index (χ2n) is 3.87. The van der Waals surface area contributed by atoms with Crippen molar-refractivity contribution in [2.75, 3.05) is 20.2 Å². The predicted molar refractivity (Wildman–Crippen MR) is 75.0 cm³/mol. The molecule has 0 radical (unpaired) electrons. The molecule has 0 spiro atoms. The van der Waals surface area contributed by atoms with Gasteiger partial charge in [-0.25, -0.2) is 0 Å². The second kappa shape index (κ2) is 6.40. The predicted octanol–water partition coefficient (Wildman–Crippen LogP) is 1.61. The molecule has 1 aromatic rings. The van der Waals surface area contributed by atoms with Gasteiger partial charge in [0, 0.05) is 6.54 Å². The van der Waals surface area contributed by atoms with E-state index in [1.165, 1.54) is 0 Å². The molecule has 100 valence electrons. The molecule has 1 aliphatic rings. The number of nitrogens with one attached hydrogen (secondary N) is 2. The number of hydrogen-bond acceptors (Lipinski definition) is 5. The van der Waals surface area contributed by atoms with Gasteiger partial charge in [-0.1, -0.05) is 12.1 Å². The molecule has 1 aliphatic heterocycles. The summed E-state index contributed by atoms with van der Waals surface area (Å²) in [5, 5.41) is 4.88. The molecule has 0 aliphatic carbocycles. The Labute approximate surface area is 115 Å². The smallest absolute Gasteiger partial charge is 0.290 e. The van der Waals surface area contributed by atoms with Crippen molar-refractivity contribution in [3.05, 3.63) is 34.7 Å². The summed E-state index contributed by atoms with van der Waals surface area (Å²) in [7, 11) is 1.87. The average Bonchev–Trinajstić information content (AvgIpc) is 2.70. The highest BCUT2D eigenvalue weighted by molar-refractivity contribution is 8.18. The number of amides is 2. The van der Waals surface area contributed by atoms with Crippen LogP contribution in [0.3, 0.4) is 0 Å². The molecular formula is C13H14N2O3S. The number of imide groups is 1. The van der Waals surface area contributed by atoms with Gasteiger partial charge in [0.2, 0.25) is 0 Å². The average molecular weight is 278 g/mol. The van der Waals surface area contributed by atoms with E-state index in [4.69, 9.17) is 4.74 Å². The van der Waals surface area contributed by atoms with E-state index < -0.39 is 0 Å². The molecule has 2 N–H and O–H groups in total. The summed E-state index contributed by atoms with van der Waals surface area (Å²) in [6, 6.07) is 7.36. The van der Waals surface area contributed by atoms with Gasteiger partial charge in [0.1, 0.15) is 12.4 Å². The summed E-state index contributed by atoms with van der Waals surface area (Å²) in [6.07, 6.45) is 1.68. The van der Waals surface area contributed by atoms with Crippen LogP contribution in [-0.4, -0.2) is 31.3 Å². The van der Waals surface area contributed by atoms with Gasteiger partial charge in [0.15, 0.2) is 0 Å². The quantitative estimate of drug-likeness (QED) is 0.632. The summed E-state index contributed by atoms with van der Waals surface area (Å²) in [6.45, 7) is 1.38. The number of likely N-dealkylation sites (N-methyl/N-ethyl adjacent to an activating group) is 1. The number of thioether (sulfide) groups is 1. The van der Waals surface area contributed by atoms with Crippen molar-refractivity contribution in [2.24, 2.45) is 0 Å². The van der Waals surface area contributed by atoms with Crippen LogP contribution in [0.4, 0.5) is 4.79 Å². The minimum absolute atomic E-state index is 0.330. The van der Waals surface area contributed by atoms with Crippen molar-refractivity contribution in [1.82, 2.24) is 10.6 Å². The zero-order valence-electron chi connectivity index (χ0n) is 10.4. The van der Waals surface area contributed by atoms with E-state index in [1.54, 1.807) is 6.08 Å². The van der Waals surface area contributed by atoms with E-state index in [0.29, 0.717) is 11.5 Å². The van der Waals surface area contributed by atoms with Crippen molar-refractivity contribution in [3.8, 4) is 5.75 Å². The van der Waals surface area contributed by atoms with E-state index in [1.807, 2.05) is 31.3 Å². The molecule has 0 aromatic heterocycles. The van der Waals surface area contributed by atoms with Crippen LogP contribution in [0.2, 0.25) is 0 Å². The van der Waals surface area contributed by atoms with E-state index >= 15 is 0 Å². The van der Waals surface area contributed by atoms with Gasteiger partial charge in [0.25, 0.3) is 11.1 Å². The Balaban J connectivity index is 2.00. The highest BCUT2D eigenvalue weighted by Crippen LogP contribution is 2.26. The highest BCUT2D eigenvalue weighted by atomic mass is 32.2. The van der Waals surface area contributed by atoms with Crippen LogP contribution in [0.1, 0.15) is 5.56 Å². The lowest BCUT2D eigenvalue weighted by Gasteiger charge is -2.05. The number of hydrogen-bond donors (Lipinski definition) is 2. The molecule has 1 fully saturated rings. The number of rotatable bonds is 5. The van der Waals surface area contributed by atoms with Gasteiger partial charge >= 0.3 is 0 Å². The van der Waals surface area contributed by atoms with E-state index in [9.17, 15) is 9.59 Å². The van der Waals surface area contributed by atoms with Gasteiger partial charge < -0.3 is 10.1 Å². The van der Waals surface area contributed by atoms with Crippen LogP contribution < -0.4 is 15.4 Å². The topological polar surface area (TPSA) is 67.4 Å². The van der Waals surface area contributed by atoms with E-state index in [2.05, 4.69) is 10.6 Å². The lowest BCUT2D eigenvalue weighted by Crippen LogP contribution is -2.17. The summed E-state index contributed by atoms with van der Waals surface area (Å²) >= 11 is 0.912. The summed E-state index contributed by atoms with van der Waals surface area (Å²) in [4.78, 5) is 22.8. The zero-order chi connectivity index (χ0) is 13.7. The molecule has 1 aromatic carbocycles. The first kappa shape index (κ1) is 13.6. The third kappa shape index (κ3) is 3.84. The molecular weight excluding hydrogens is 264 g/mol. The lowest BCUT2D eigenvalue weighted by atomic mass is 10.2. The first-order valence-corrected chi connectivity index (χ1v) is 6.63. The van der Waals surface area contributed by atoms with Gasteiger partial charge in [-0.15, -0.1) is 0 Å². The fourth-order valence-corrected chi connectivity index (χ4v) is 2.19. The molecule has 0 atom stereocenters. The number of benzene rings is 1. The first-order valence-electron chi connectivity index (χ1n) is 5.81. The fourth-order valence-electron chi connectivity index (χ4n) is 1.50. The van der Waals surface area contributed by atoms with Crippen LogP contribution >= 0.6 is 11.8 Å². The van der Waals surface area contributed by atoms with Crippen molar-refractivity contribution < 1.29 is 14.3 Å². The maximum absolute atomic E-state index is 11.4. The second-order valence-corrected chi connectivity index (χ2v) is 4.89. The third-order valence-electron chi connectivity index (χ3n) is 2.44. The summed E-state index contributed by atoms with van der Waals surface area (Å²) < 4.78 is 5.49. The van der Waals surface area contributed by atoms with Crippen molar-refractivity contribution in [2.45, 2.75) is 0 Å². The van der Waals surface area contributed by atoms with Gasteiger partial charge in [-0.05, 0) is 42.6 Å². The Kier molecular flexibility index (Phi) is 4.59. The number of ether oxygens (including phenoxy) is 1. The molecule has 6 heteroatoms. The Morgan fingerprint density at radius 2 is 2.05 bits per heavy atom. The van der Waals surface area contributed by atoms with E-state index in [0.717, 1.165) is 29.6 Å². The normalized spacial score (nSPS) is 16.8. The molecule has 1 saturated heterocycles. The first-order chi connectivity index (χ1) is 9.19. The molecule has 2 rings (SSSR count). The van der Waals surface area contributed by atoms with Crippen LogP contribution in [0.25, 0.3) is 6.08 Å². The summed E-state index contributed by atoms with van der Waals surface area (Å²) in [5.41, 5.74) is 0.855. The van der Waals surface area contributed by atoms with Crippen LogP contribution in [0.5, 0.6) is 5.75 Å². The molecule has 5 nitrogen and oxygen atoms in total. The van der Waals surface area contributed by atoms with Gasteiger partial charge in [-0.2, -0.15) is 0 Å². The molecule has 0 bridgehead atoms. The number of carbonyl (C=O) groups is 2. The monoisotopic (exact) mass is 278 g/mol. The van der Waals surface area contributed by atoms with E-state index in [-0.39, 0.29) is 11.1 Å². The van der Waals surface area contributed by atoms with Crippen molar-refractivity contribution in [3.63, 3.8) is 0 Å². The Bertz CT molecular complexity index is 511. The maximum Gasteiger partial charge on any atom is 0.290 e. The van der Waals surface area contributed by atoms with Gasteiger partial charge in [0.05, 0.1) is 4.91 Å². The molecule has 19 heavy (non-hydrogen) atoms. The largest absolute Gasteiger partial charge is 0.492 e. The van der Waals surface area contributed by atoms with Crippen LogP contribution in [0, 0.1) is 0 Å². The SMILES string of the molecule is CNCCOc1ccc(C=C2SC(=O)NC2=O)cc1. The van der Waals surface area contributed by atoms with Gasteiger partial charge in [-0.3, -0.25) is 14.9 Å². The minimum atomic E-state index is -0.343. The molecule has 0 saturated carbocycles. The maximum atomic E-state index is 11.4. The van der Waals surface area contributed by atoms with Crippen molar-refractivity contribution in [1.29, 1.82) is 0 Å². The zero-order valence-corrected chi connectivity index (χ0v) is 11.3. The van der Waals surface area contributed by atoms with Crippen LogP contribution in [0.15, 0.2) is 29.2 Å². The Morgan fingerprint density at radius 1 is 1.32 bits per heavy atom. The lowest BCUT2D eigenvalue weighted by molar-refractivity contribution is -0.115. The Hall–Kier alpha value is -1.79. The standard InChI is InChI=1S/C13H14N2O3S/c1-14-6-7-18-10-4-2-9(3-5-10)8-11-12(16)15-13(17)19-11/h2-5,8,14H,6-7H2,1H3,(H,15,16,17).